The number of amides is 2. The molecule has 1 aromatic heterocycles. The van der Waals surface area contributed by atoms with E-state index in [1.165, 1.54) is 4.90 Å². The van der Waals surface area contributed by atoms with E-state index >= 15 is 0 Å². The molecule has 1 unspecified atom stereocenters. The van der Waals surface area contributed by atoms with Crippen LogP contribution in [0.5, 0.6) is 0 Å². The van der Waals surface area contributed by atoms with Gasteiger partial charge in [-0.15, -0.1) is 11.3 Å². The van der Waals surface area contributed by atoms with Crippen LogP contribution in [0.3, 0.4) is 0 Å². The number of aromatic nitrogens is 1. The van der Waals surface area contributed by atoms with E-state index < -0.39 is 12.0 Å². The summed E-state index contributed by atoms with van der Waals surface area (Å²) in [7, 11) is 0. The molecule has 0 saturated carbocycles. The zero-order valence-electron chi connectivity index (χ0n) is 10.8. The molecule has 0 spiro atoms. The largest absolute Gasteiger partial charge is 0.480 e. The topological polar surface area (TPSA) is 82.5 Å². The van der Waals surface area contributed by atoms with E-state index in [0.29, 0.717) is 25.9 Å². The Kier molecular flexibility index (Phi) is 4.36. The molecule has 2 heterocycles. The van der Waals surface area contributed by atoms with E-state index in [2.05, 4.69) is 10.3 Å². The standard InChI is InChI=1S/C12H17N3O3S/c1-8-7-19-10(14-8)4-5-13-12(18)15-6-2-3-9(15)11(16)17/h7,9H,2-6H2,1H3,(H,13,18)(H,16,17). The van der Waals surface area contributed by atoms with Crippen molar-refractivity contribution in [2.45, 2.75) is 32.2 Å². The second kappa shape index (κ2) is 6.01. The molecule has 1 atom stereocenters. The van der Waals surface area contributed by atoms with E-state index in [4.69, 9.17) is 5.11 Å². The fourth-order valence-corrected chi connectivity index (χ4v) is 2.94. The molecule has 1 aliphatic heterocycles. The van der Waals surface area contributed by atoms with Gasteiger partial charge in [-0.05, 0) is 19.8 Å². The van der Waals surface area contributed by atoms with E-state index in [1.807, 2.05) is 12.3 Å². The van der Waals surface area contributed by atoms with Crippen molar-refractivity contribution >= 4 is 23.3 Å². The highest BCUT2D eigenvalue weighted by molar-refractivity contribution is 7.09. The first-order valence-electron chi connectivity index (χ1n) is 6.26. The smallest absolute Gasteiger partial charge is 0.326 e. The van der Waals surface area contributed by atoms with Gasteiger partial charge < -0.3 is 15.3 Å². The molecule has 1 aromatic rings. The summed E-state index contributed by atoms with van der Waals surface area (Å²) < 4.78 is 0. The number of nitrogens with zero attached hydrogens (tertiary/aromatic N) is 2. The Bertz CT molecular complexity index is 475. The quantitative estimate of drug-likeness (QED) is 0.871. The van der Waals surface area contributed by atoms with Crippen LogP contribution in [0.25, 0.3) is 0 Å². The van der Waals surface area contributed by atoms with Gasteiger partial charge in [0.05, 0.1) is 5.01 Å². The van der Waals surface area contributed by atoms with Gasteiger partial charge in [-0.1, -0.05) is 0 Å². The van der Waals surface area contributed by atoms with Crippen molar-refractivity contribution in [2.24, 2.45) is 0 Å². The third-order valence-corrected chi connectivity index (χ3v) is 4.11. The zero-order chi connectivity index (χ0) is 13.8. The molecule has 0 bridgehead atoms. The summed E-state index contributed by atoms with van der Waals surface area (Å²) in [6.45, 7) is 2.92. The fraction of sp³-hybridized carbons (Fsp3) is 0.583. The van der Waals surface area contributed by atoms with Crippen molar-refractivity contribution < 1.29 is 14.7 Å². The molecule has 2 amide bonds. The molecule has 1 saturated heterocycles. The molecule has 0 aliphatic carbocycles. The van der Waals surface area contributed by atoms with E-state index in [0.717, 1.165) is 17.1 Å². The first-order chi connectivity index (χ1) is 9.08. The predicted octanol–water partition coefficient (Wildman–Crippen LogP) is 1.25. The van der Waals surface area contributed by atoms with Crippen molar-refractivity contribution in [1.82, 2.24) is 15.2 Å². The first-order valence-corrected chi connectivity index (χ1v) is 7.14. The average Bonchev–Trinajstić information content (AvgIpc) is 2.97. The van der Waals surface area contributed by atoms with Crippen LogP contribution in [0.4, 0.5) is 4.79 Å². The van der Waals surface area contributed by atoms with Crippen LogP contribution in [-0.4, -0.2) is 46.1 Å². The minimum atomic E-state index is -0.928. The number of thiazole rings is 1. The zero-order valence-corrected chi connectivity index (χ0v) is 11.6. The molecule has 104 valence electrons. The summed E-state index contributed by atoms with van der Waals surface area (Å²) in [6, 6.07) is -0.972. The Morgan fingerprint density at radius 1 is 1.63 bits per heavy atom. The molecule has 7 heteroatoms. The molecule has 2 rings (SSSR count). The number of aryl methyl sites for hydroxylation is 1. The van der Waals surface area contributed by atoms with E-state index in [9.17, 15) is 9.59 Å². The maximum Gasteiger partial charge on any atom is 0.326 e. The number of carbonyl (C=O) groups excluding carboxylic acids is 1. The lowest BCUT2D eigenvalue weighted by atomic mass is 10.2. The lowest BCUT2D eigenvalue weighted by Crippen LogP contribution is -2.46. The number of carbonyl (C=O) groups is 2. The summed E-state index contributed by atoms with van der Waals surface area (Å²) in [5, 5.41) is 14.7. The van der Waals surface area contributed by atoms with Gasteiger partial charge in [-0.25, -0.2) is 14.6 Å². The lowest BCUT2D eigenvalue weighted by molar-refractivity contribution is -0.141. The summed E-state index contributed by atoms with van der Waals surface area (Å²) in [5.41, 5.74) is 0.983. The molecular weight excluding hydrogens is 266 g/mol. The van der Waals surface area contributed by atoms with Crippen molar-refractivity contribution in [3.05, 3.63) is 16.1 Å². The summed E-state index contributed by atoms with van der Waals surface area (Å²) in [4.78, 5) is 28.6. The SMILES string of the molecule is Cc1csc(CCNC(=O)N2CCCC2C(=O)O)n1. The minimum absolute atomic E-state index is 0.293. The number of carboxylic acid groups (broad SMARTS) is 1. The number of nitrogens with one attached hydrogen (secondary N) is 1. The van der Waals surface area contributed by atoms with Crippen LogP contribution in [-0.2, 0) is 11.2 Å². The third kappa shape index (κ3) is 3.44. The molecule has 0 aromatic carbocycles. The third-order valence-electron chi connectivity index (χ3n) is 3.08. The Balaban J connectivity index is 1.79. The maximum absolute atomic E-state index is 11.9. The van der Waals surface area contributed by atoms with Crippen LogP contribution in [0.15, 0.2) is 5.38 Å². The van der Waals surface area contributed by atoms with Gasteiger partial charge in [0.1, 0.15) is 6.04 Å². The summed E-state index contributed by atoms with van der Waals surface area (Å²) in [6.07, 6.45) is 1.96. The fourth-order valence-electron chi connectivity index (χ4n) is 2.16. The Hall–Kier alpha value is -1.63. The number of urea groups is 1. The molecule has 1 aliphatic rings. The van der Waals surface area contributed by atoms with Gasteiger partial charge in [-0.3, -0.25) is 0 Å². The lowest BCUT2D eigenvalue weighted by Gasteiger charge is -2.21. The van der Waals surface area contributed by atoms with Gasteiger partial charge in [-0.2, -0.15) is 0 Å². The maximum atomic E-state index is 11.9. The van der Waals surface area contributed by atoms with Crippen LogP contribution < -0.4 is 5.32 Å². The minimum Gasteiger partial charge on any atom is -0.480 e. The Labute approximate surface area is 115 Å². The number of rotatable bonds is 4. The molecule has 6 nitrogen and oxygen atoms in total. The molecule has 0 radical (unpaired) electrons. The highest BCUT2D eigenvalue weighted by Crippen LogP contribution is 2.17. The van der Waals surface area contributed by atoms with Crippen molar-refractivity contribution in [2.75, 3.05) is 13.1 Å². The van der Waals surface area contributed by atoms with Crippen LogP contribution >= 0.6 is 11.3 Å². The average molecular weight is 283 g/mol. The van der Waals surface area contributed by atoms with Crippen molar-refractivity contribution in [3.8, 4) is 0 Å². The van der Waals surface area contributed by atoms with Gasteiger partial charge in [0.25, 0.3) is 0 Å². The second-order valence-corrected chi connectivity index (χ2v) is 5.50. The summed E-state index contributed by atoms with van der Waals surface area (Å²) >= 11 is 1.57. The van der Waals surface area contributed by atoms with Gasteiger partial charge in [0, 0.05) is 30.6 Å². The molecular formula is C12H17N3O3S. The van der Waals surface area contributed by atoms with Crippen molar-refractivity contribution in [1.29, 1.82) is 0 Å². The normalized spacial score (nSPS) is 18.6. The Morgan fingerprint density at radius 3 is 3.05 bits per heavy atom. The highest BCUT2D eigenvalue weighted by atomic mass is 32.1. The first kappa shape index (κ1) is 13.8. The number of carboxylic acids is 1. The highest BCUT2D eigenvalue weighted by Gasteiger charge is 2.33. The van der Waals surface area contributed by atoms with Crippen LogP contribution in [0, 0.1) is 6.92 Å². The Morgan fingerprint density at radius 2 is 2.42 bits per heavy atom. The van der Waals surface area contributed by atoms with Crippen LogP contribution in [0.1, 0.15) is 23.5 Å². The summed E-state index contributed by atoms with van der Waals surface area (Å²) in [5.74, 6) is -0.928. The molecule has 2 N–H and O–H groups in total. The number of hydrogen-bond acceptors (Lipinski definition) is 4. The number of hydrogen-bond donors (Lipinski definition) is 2. The van der Waals surface area contributed by atoms with E-state index in [1.54, 1.807) is 11.3 Å². The van der Waals surface area contributed by atoms with Gasteiger partial charge >= 0.3 is 12.0 Å². The monoisotopic (exact) mass is 283 g/mol. The van der Waals surface area contributed by atoms with Gasteiger partial charge in [0.2, 0.25) is 0 Å². The molecule has 1 fully saturated rings. The van der Waals surface area contributed by atoms with Crippen LogP contribution in [0.2, 0.25) is 0 Å². The number of likely N-dealkylation sites (tertiary alicyclic amines) is 1. The van der Waals surface area contributed by atoms with Gasteiger partial charge in [0.15, 0.2) is 0 Å². The van der Waals surface area contributed by atoms with Crippen molar-refractivity contribution in [3.63, 3.8) is 0 Å². The predicted molar refractivity (Wildman–Crippen MR) is 71.3 cm³/mol. The number of aliphatic carboxylic acids is 1. The second-order valence-electron chi connectivity index (χ2n) is 4.55. The molecule has 19 heavy (non-hydrogen) atoms. The van der Waals surface area contributed by atoms with E-state index in [-0.39, 0.29) is 6.03 Å².